The summed E-state index contributed by atoms with van der Waals surface area (Å²) in [4.78, 5) is 0. The van der Waals surface area contributed by atoms with Gasteiger partial charge in [-0.25, -0.2) is 8.42 Å². The second kappa shape index (κ2) is 6.20. The molecule has 1 rings (SSSR count). The van der Waals surface area contributed by atoms with Crippen LogP contribution in [0, 0.1) is 0 Å². The van der Waals surface area contributed by atoms with Gasteiger partial charge in [-0.2, -0.15) is 4.31 Å². The third-order valence-corrected chi connectivity index (χ3v) is 5.05. The highest BCUT2D eigenvalue weighted by molar-refractivity contribution is 7.89. The Morgan fingerprint density at radius 3 is 2.39 bits per heavy atom. The number of rotatable bonds is 6. The van der Waals surface area contributed by atoms with Crippen molar-refractivity contribution in [3.05, 3.63) is 29.8 Å². The third-order valence-electron chi connectivity index (χ3n) is 2.83. The lowest BCUT2D eigenvalue weighted by Gasteiger charge is -2.24. The van der Waals surface area contributed by atoms with E-state index in [2.05, 4.69) is 0 Å². The molecule has 2 N–H and O–H groups in total. The lowest BCUT2D eigenvalue weighted by molar-refractivity contribution is 0.401. The van der Waals surface area contributed by atoms with Crippen molar-refractivity contribution in [2.75, 3.05) is 12.3 Å². The normalized spacial score (nSPS) is 12.3. The SMILES string of the molecule is CCCN(Cc1ccccc1N)S(=O)(=O)C(C)C. The molecule has 0 saturated heterocycles. The van der Waals surface area contributed by atoms with Crippen molar-refractivity contribution in [2.24, 2.45) is 0 Å². The summed E-state index contributed by atoms with van der Waals surface area (Å²) in [5.74, 6) is 0. The molecular formula is C13H22N2O2S. The Morgan fingerprint density at radius 1 is 1.28 bits per heavy atom. The highest BCUT2D eigenvalue weighted by Crippen LogP contribution is 2.18. The second-order valence-corrected chi connectivity index (χ2v) is 7.12. The molecule has 0 bridgehead atoms. The van der Waals surface area contributed by atoms with E-state index in [-0.39, 0.29) is 0 Å². The van der Waals surface area contributed by atoms with Gasteiger partial charge in [0.2, 0.25) is 10.0 Å². The first-order valence-corrected chi connectivity index (χ1v) is 7.72. The summed E-state index contributed by atoms with van der Waals surface area (Å²) in [7, 11) is -3.24. The first-order chi connectivity index (χ1) is 8.39. The average Bonchev–Trinajstić information content (AvgIpc) is 2.31. The van der Waals surface area contributed by atoms with Crippen molar-refractivity contribution in [1.29, 1.82) is 0 Å². The summed E-state index contributed by atoms with van der Waals surface area (Å²) in [5, 5.41) is -0.408. The fourth-order valence-electron chi connectivity index (χ4n) is 1.71. The van der Waals surface area contributed by atoms with Crippen LogP contribution in [0.1, 0.15) is 32.8 Å². The zero-order chi connectivity index (χ0) is 13.8. The molecule has 0 amide bonds. The summed E-state index contributed by atoms with van der Waals surface area (Å²) >= 11 is 0. The standard InChI is InChI=1S/C13H22N2O2S/c1-4-9-15(18(16,17)11(2)3)10-12-7-5-6-8-13(12)14/h5-8,11H,4,9-10,14H2,1-3H3. The molecule has 0 aliphatic carbocycles. The number of nitrogen functional groups attached to an aromatic ring is 1. The van der Waals surface area contributed by atoms with E-state index in [4.69, 9.17) is 5.73 Å². The van der Waals surface area contributed by atoms with Crippen LogP contribution in [-0.2, 0) is 16.6 Å². The van der Waals surface area contributed by atoms with Gasteiger partial charge < -0.3 is 5.73 Å². The molecule has 0 fully saturated rings. The smallest absolute Gasteiger partial charge is 0.216 e. The second-order valence-electron chi connectivity index (χ2n) is 4.63. The summed E-state index contributed by atoms with van der Waals surface area (Å²) in [5.41, 5.74) is 7.36. The Balaban J connectivity index is 2.98. The van der Waals surface area contributed by atoms with Gasteiger partial charge in [0.1, 0.15) is 0 Å². The number of para-hydroxylation sites is 1. The molecule has 4 nitrogen and oxygen atoms in total. The number of hydrogen-bond donors (Lipinski definition) is 1. The molecule has 5 heteroatoms. The van der Waals surface area contributed by atoms with Crippen LogP contribution in [0.4, 0.5) is 5.69 Å². The lowest BCUT2D eigenvalue weighted by atomic mass is 10.2. The van der Waals surface area contributed by atoms with Gasteiger partial charge in [-0.15, -0.1) is 0 Å². The Bertz CT molecular complexity index is 484. The molecule has 1 aromatic carbocycles. The monoisotopic (exact) mass is 270 g/mol. The molecule has 0 saturated carbocycles. The summed E-state index contributed by atoms with van der Waals surface area (Å²) < 4.78 is 26.0. The molecule has 0 spiro atoms. The van der Waals surface area contributed by atoms with Crippen molar-refractivity contribution in [3.8, 4) is 0 Å². The predicted octanol–water partition coefficient (Wildman–Crippen LogP) is 2.22. The molecule has 0 aromatic heterocycles. The van der Waals surface area contributed by atoms with Crippen LogP contribution in [0.15, 0.2) is 24.3 Å². The highest BCUT2D eigenvalue weighted by atomic mass is 32.2. The van der Waals surface area contributed by atoms with E-state index in [1.54, 1.807) is 19.9 Å². The van der Waals surface area contributed by atoms with Gasteiger partial charge >= 0.3 is 0 Å². The lowest BCUT2D eigenvalue weighted by Crippen LogP contribution is -2.36. The maximum Gasteiger partial charge on any atom is 0.216 e. The molecule has 0 atom stereocenters. The third kappa shape index (κ3) is 3.46. The van der Waals surface area contributed by atoms with E-state index in [1.807, 2.05) is 25.1 Å². The van der Waals surface area contributed by atoms with Gasteiger partial charge in [0.15, 0.2) is 0 Å². The molecule has 1 aromatic rings. The van der Waals surface area contributed by atoms with Crippen LogP contribution in [0.2, 0.25) is 0 Å². The van der Waals surface area contributed by atoms with Crippen molar-refractivity contribution in [1.82, 2.24) is 4.31 Å². The molecule has 0 aliphatic heterocycles. The van der Waals surface area contributed by atoms with Gasteiger partial charge in [0, 0.05) is 18.8 Å². The minimum atomic E-state index is -3.24. The van der Waals surface area contributed by atoms with E-state index in [0.29, 0.717) is 18.8 Å². The maximum atomic E-state index is 12.2. The zero-order valence-electron chi connectivity index (χ0n) is 11.3. The molecule has 0 aliphatic rings. The Labute approximate surface area is 110 Å². The van der Waals surface area contributed by atoms with E-state index in [1.165, 1.54) is 4.31 Å². The van der Waals surface area contributed by atoms with Crippen molar-refractivity contribution in [2.45, 2.75) is 39.0 Å². The van der Waals surface area contributed by atoms with Crippen LogP contribution in [0.3, 0.4) is 0 Å². The quantitative estimate of drug-likeness (QED) is 0.806. The van der Waals surface area contributed by atoms with Gasteiger partial charge in [-0.3, -0.25) is 0 Å². The van der Waals surface area contributed by atoms with Gasteiger partial charge in [-0.1, -0.05) is 25.1 Å². The van der Waals surface area contributed by atoms with Crippen molar-refractivity contribution >= 4 is 15.7 Å². The minimum absolute atomic E-state index is 0.348. The highest BCUT2D eigenvalue weighted by Gasteiger charge is 2.25. The van der Waals surface area contributed by atoms with Gasteiger partial charge in [0.25, 0.3) is 0 Å². The zero-order valence-corrected chi connectivity index (χ0v) is 12.1. The number of nitrogens with two attached hydrogens (primary N) is 1. The van der Waals surface area contributed by atoms with Crippen LogP contribution in [0.25, 0.3) is 0 Å². The predicted molar refractivity (Wildman–Crippen MR) is 75.6 cm³/mol. The van der Waals surface area contributed by atoms with E-state index in [9.17, 15) is 8.42 Å². The van der Waals surface area contributed by atoms with Gasteiger partial charge in [-0.05, 0) is 31.9 Å². The van der Waals surface area contributed by atoms with Crippen molar-refractivity contribution in [3.63, 3.8) is 0 Å². The number of sulfonamides is 1. The minimum Gasteiger partial charge on any atom is -0.398 e. The van der Waals surface area contributed by atoms with Crippen LogP contribution >= 0.6 is 0 Å². The number of anilines is 1. The largest absolute Gasteiger partial charge is 0.398 e. The number of benzene rings is 1. The molecule has 18 heavy (non-hydrogen) atoms. The molecule has 102 valence electrons. The van der Waals surface area contributed by atoms with E-state index < -0.39 is 15.3 Å². The summed E-state index contributed by atoms with van der Waals surface area (Å²) in [6, 6.07) is 7.38. The fraction of sp³-hybridized carbons (Fsp3) is 0.538. The first-order valence-electron chi connectivity index (χ1n) is 6.22. The number of hydrogen-bond acceptors (Lipinski definition) is 3. The molecular weight excluding hydrogens is 248 g/mol. The summed E-state index contributed by atoms with van der Waals surface area (Å²) in [6.07, 6.45) is 0.790. The van der Waals surface area contributed by atoms with Crippen LogP contribution < -0.4 is 5.73 Å². The topological polar surface area (TPSA) is 63.4 Å². The van der Waals surface area contributed by atoms with E-state index in [0.717, 1.165) is 12.0 Å². The first kappa shape index (κ1) is 15.0. The van der Waals surface area contributed by atoms with Gasteiger partial charge in [0.05, 0.1) is 5.25 Å². The van der Waals surface area contributed by atoms with Crippen molar-refractivity contribution < 1.29 is 8.42 Å². The van der Waals surface area contributed by atoms with E-state index >= 15 is 0 Å². The molecule has 0 unspecified atom stereocenters. The van der Waals surface area contributed by atoms with Crippen LogP contribution in [-0.4, -0.2) is 24.5 Å². The molecule has 0 radical (unpaired) electrons. The fourth-order valence-corrected chi connectivity index (χ4v) is 3.06. The molecule has 0 heterocycles. The Kier molecular flexibility index (Phi) is 5.16. The Hall–Kier alpha value is -1.07. The Morgan fingerprint density at radius 2 is 1.89 bits per heavy atom. The van der Waals surface area contributed by atoms with Crippen LogP contribution in [0.5, 0.6) is 0 Å². The average molecular weight is 270 g/mol. The summed E-state index contributed by atoms with van der Waals surface area (Å²) in [6.45, 7) is 6.24. The maximum absolute atomic E-state index is 12.2. The number of nitrogens with zero attached hydrogens (tertiary/aromatic N) is 1.